The summed E-state index contributed by atoms with van der Waals surface area (Å²) in [6.45, 7) is 10.5. The van der Waals surface area contributed by atoms with E-state index in [1.807, 2.05) is 0 Å². The van der Waals surface area contributed by atoms with Gasteiger partial charge >= 0.3 is 23.5 Å². The Morgan fingerprint density at radius 1 is 0.691 bits per heavy atom. The van der Waals surface area contributed by atoms with Gasteiger partial charge in [-0.3, -0.25) is 36.7 Å². The van der Waals surface area contributed by atoms with E-state index in [1.165, 1.54) is 0 Å². The van der Waals surface area contributed by atoms with Crippen molar-refractivity contribution in [2.24, 2.45) is 5.73 Å². The molecule has 0 saturated heterocycles. The van der Waals surface area contributed by atoms with E-state index in [9.17, 15) is 38.2 Å². The minimum Gasteiger partial charge on any atom is -0.394 e. The molecule has 0 heterocycles. The molecule has 0 aliphatic heterocycles. The van der Waals surface area contributed by atoms with Crippen molar-refractivity contribution in [1.82, 2.24) is 10.6 Å². The molecule has 55 heavy (non-hydrogen) atoms. The smallest absolute Gasteiger partial charge is 0.394 e. The zero-order valence-corrected chi connectivity index (χ0v) is 35.8. The minimum absolute atomic E-state index is 0.0350. The van der Waals surface area contributed by atoms with Crippen LogP contribution in [0.4, 0.5) is 0 Å². The second kappa shape index (κ2) is 35.4. The number of nitrogens with two attached hydrogens (primary N) is 1. The summed E-state index contributed by atoms with van der Waals surface area (Å²) in [6, 6.07) is -0.883. The fourth-order valence-corrected chi connectivity index (χ4v) is 6.37. The molecule has 8 N–H and O–H groups in total. The lowest BCUT2D eigenvalue weighted by Gasteiger charge is -2.19. The van der Waals surface area contributed by atoms with Gasteiger partial charge in [-0.15, -0.1) is 18.8 Å². The molecule has 19 nitrogen and oxygen atoms in total. The number of phosphoric acid groups is 3. The van der Waals surface area contributed by atoms with E-state index in [0.29, 0.717) is 19.4 Å². The Morgan fingerprint density at radius 2 is 1.18 bits per heavy atom. The van der Waals surface area contributed by atoms with Gasteiger partial charge in [0.15, 0.2) is 0 Å². The van der Waals surface area contributed by atoms with E-state index in [2.05, 4.69) is 22.5 Å². The number of amides is 2. The first kappa shape index (κ1) is 57.6. The average molecular weight is 854 g/mol. The zero-order valence-electron chi connectivity index (χ0n) is 33.1. The summed E-state index contributed by atoms with van der Waals surface area (Å²) in [7, 11) is -11.9. The molecule has 0 aromatic heterocycles. The molecule has 0 saturated carbocycles. The van der Waals surface area contributed by atoms with Crippen LogP contribution in [-0.4, -0.2) is 109 Å². The van der Waals surface area contributed by atoms with E-state index in [-0.39, 0.29) is 63.9 Å². The van der Waals surface area contributed by atoms with Crippen LogP contribution in [0.25, 0.3) is 0 Å². The predicted molar refractivity (Wildman–Crippen MR) is 207 cm³/mol. The number of hydrogen-bond acceptors (Lipinski definition) is 14. The Bertz CT molecular complexity index is 1230. The van der Waals surface area contributed by atoms with Crippen molar-refractivity contribution < 1.29 is 75.0 Å². The third kappa shape index (κ3) is 44.8. The predicted octanol–water partition coefficient (Wildman–Crippen LogP) is 3.93. The lowest BCUT2D eigenvalue weighted by Crippen LogP contribution is -2.42. The largest absolute Gasteiger partial charge is 0.472 e. The summed E-state index contributed by atoms with van der Waals surface area (Å²) in [4.78, 5) is 50.9. The molecule has 324 valence electrons. The number of carbonyl (C=O) groups is 2. The third-order valence-electron chi connectivity index (χ3n) is 5.71. The van der Waals surface area contributed by atoms with Gasteiger partial charge in [-0.05, 0) is 73.8 Å². The van der Waals surface area contributed by atoms with Crippen molar-refractivity contribution in [3.8, 4) is 24.7 Å². The number of nitrogens with one attached hydrogen (secondary N) is 2. The normalized spacial score (nSPS) is 14.8. The molecule has 4 unspecified atom stereocenters. The molecule has 0 bridgehead atoms. The summed E-state index contributed by atoms with van der Waals surface area (Å²) < 4.78 is 67.2. The van der Waals surface area contributed by atoms with Gasteiger partial charge in [0.05, 0.1) is 63.8 Å². The summed E-state index contributed by atoms with van der Waals surface area (Å²) in [5.74, 6) is 4.00. The maximum absolute atomic E-state index is 11.8. The van der Waals surface area contributed by atoms with Gasteiger partial charge in [0, 0.05) is 19.4 Å². The van der Waals surface area contributed by atoms with E-state index in [4.69, 9.17) is 55.4 Å². The van der Waals surface area contributed by atoms with Crippen molar-refractivity contribution in [1.29, 1.82) is 0 Å². The molecule has 0 aliphatic carbocycles. The van der Waals surface area contributed by atoms with Crippen molar-refractivity contribution >= 4 is 35.3 Å². The molecule has 0 aromatic rings. The van der Waals surface area contributed by atoms with Crippen molar-refractivity contribution in [2.45, 2.75) is 124 Å². The number of carbonyl (C=O) groups excluding carboxylic acids is 2. The molecular formula is C33H66N3O16P3. The average Bonchev–Trinajstić information content (AvgIpc) is 3.05. The van der Waals surface area contributed by atoms with E-state index >= 15 is 0 Å². The van der Waals surface area contributed by atoms with Crippen LogP contribution in [0, 0.1) is 24.7 Å². The van der Waals surface area contributed by atoms with Crippen LogP contribution in [-0.2, 0) is 55.2 Å². The molecular weight excluding hydrogens is 787 g/mol. The Hall–Kier alpha value is -1.73. The Labute approximate surface area is 327 Å². The van der Waals surface area contributed by atoms with Crippen molar-refractivity contribution in [3.63, 3.8) is 0 Å². The summed E-state index contributed by atoms with van der Waals surface area (Å²) >= 11 is 0. The molecule has 0 rings (SSSR count). The van der Waals surface area contributed by atoms with E-state index in [0.717, 1.165) is 32.1 Å². The number of hydrogen-bond donors (Lipinski definition) is 7. The van der Waals surface area contributed by atoms with Crippen LogP contribution in [0.2, 0.25) is 0 Å². The van der Waals surface area contributed by atoms with Crippen LogP contribution in [0.3, 0.4) is 0 Å². The molecule has 0 aliphatic rings. The number of terminal acetylenes is 2. The topological polar surface area (TPSA) is 281 Å². The highest BCUT2D eigenvalue weighted by atomic mass is 31.2. The fourth-order valence-electron chi connectivity index (χ4n) is 3.50. The number of aliphatic hydroxyl groups is 1. The summed E-state index contributed by atoms with van der Waals surface area (Å²) in [5.41, 5.74) is 5.33. The molecule has 0 radical (unpaired) electrons. The fraction of sp³-hybridized carbons (Fsp3) is 0.818. The maximum atomic E-state index is 11.8. The lowest BCUT2D eigenvalue weighted by atomic mass is 10.2. The Kier molecular flexibility index (Phi) is 37.1. The van der Waals surface area contributed by atoms with E-state index in [1.54, 1.807) is 41.5 Å². The van der Waals surface area contributed by atoms with Crippen molar-refractivity contribution in [2.75, 3.05) is 52.7 Å². The highest BCUT2D eigenvalue weighted by Crippen LogP contribution is 2.45. The molecule has 0 spiro atoms. The van der Waals surface area contributed by atoms with Gasteiger partial charge in [0.25, 0.3) is 0 Å². The quantitative estimate of drug-likeness (QED) is 0.0306. The second-order valence-corrected chi connectivity index (χ2v) is 16.5. The molecule has 2 amide bonds. The third-order valence-corrected chi connectivity index (χ3v) is 9.27. The van der Waals surface area contributed by atoms with Crippen LogP contribution in [0.15, 0.2) is 0 Å². The first-order valence-electron chi connectivity index (χ1n) is 17.9. The number of rotatable bonds is 30. The number of aliphatic hydroxyl groups excluding tert-OH is 1. The van der Waals surface area contributed by atoms with Gasteiger partial charge in [0.2, 0.25) is 11.8 Å². The minimum atomic E-state index is -4.25. The molecule has 4 atom stereocenters. The highest BCUT2D eigenvalue weighted by Gasteiger charge is 2.25. The monoisotopic (exact) mass is 853 g/mol. The SMILES string of the molecule is C#CCCCCOP(=O)(O)OC(C)C.C#CCOCCC(=O)NCCC(=O)NC(CO)COP(=O)(O)OC(C)C.CC(C)OP(=O)(O)OCCCCCCN. The Balaban J connectivity index is -0.000000795. The maximum Gasteiger partial charge on any atom is 0.472 e. The van der Waals surface area contributed by atoms with Gasteiger partial charge < -0.3 is 40.9 Å². The number of ether oxygens (including phenoxy) is 1. The zero-order chi connectivity index (χ0) is 42.8. The Morgan fingerprint density at radius 3 is 1.64 bits per heavy atom. The van der Waals surface area contributed by atoms with Crippen LogP contribution in [0.1, 0.15) is 99.3 Å². The van der Waals surface area contributed by atoms with Gasteiger partial charge in [-0.2, -0.15) is 0 Å². The molecule has 0 aromatic carbocycles. The first-order valence-corrected chi connectivity index (χ1v) is 22.4. The number of phosphoric ester groups is 3. The summed E-state index contributed by atoms with van der Waals surface area (Å²) in [5, 5.41) is 14.2. The van der Waals surface area contributed by atoms with Gasteiger partial charge in [0.1, 0.15) is 6.61 Å². The van der Waals surface area contributed by atoms with Crippen molar-refractivity contribution in [3.05, 3.63) is 0 Å². The van der Waals surface area contributed by atoms with Gasteiger partial charge in [-0.25, -0.2) is 13.7 Å². The lowest BCUT2D eigenvalue weighted by molar-refractivity contribution is -0.123. The molecule has 22 heteroatoms. The summed E-state index contributed by atoms with van der Waals surface area (Å²) in [6.07, 6.45) is 14.8. The van der Waals surface area contributed by atoms with Crippen LogP contribution < -0.4 is 16.4 Å². The van der Waals surface area contributed by atoms with E-state index < -0.39 is 54.7 Å². The number of unbranched alkanes of at least 4 members (excludes halogenated alkanes) is 5. The highest BCUT2D eigenvalue weighted by molar-refractivity contribution is 7.47. The second-order valence-electron chi connectivity index (χ2n) is 12.2. The van der Waals surface area contributed by atoms with Gasteiger partial charge in [-0.1, -0.05) is 18.8 Å². The standard InChI is InChI=1S/C15H27N2O8P.C9H22NO4P.C9H17O4P/c1-4-8-23-9-6-14(19)16-7-5-15(20)17-13(10-18)11-24-26(21,22)25-12(2)3;1-9(2)14-15(11,12)13-8-6-4-3-5-7-10;1-4-5-6-7-8-12-14(10,11)13-9(2)3/h1,12-13,18H,5-11H2,2-3H3,(H,16,19)(H,17,20)(H,21,22);9H,3-8,10H2,1-2H3,(H,11,12);1,9H,5-8H2,2-3H3,(H,10,11). The van der Waals surface area contributed by atoms with Crippen LogP contribution >= 0.6 is 23.5 Å². The molecule has 0 fully saturated rings. The van der Waals surface area contributed by atoms with Crippen LogP contribution in [0.5, 0.6) is 0 Å². The first-order chi connectivity index (χ1) is 25.7.